The van der Waals surface area contributed by atoms with E-state index >= 15 is 0 Å². The number of thiophene rings is 1. The largest absolute Gasteiger partial charge is 0.376 e. The summed E-state index contributed by atoms with van der Waals surface area (Å²) in [5, 5.41) is 11.3. The Morgan fingerprint density at radius 1 is 1.39 bits per heavy atom. The number of aromatic nitrogens is 4. The third-order valence-electron chi connectivity index (χ3n) is 3.67. The van der Waals surface area contributed by atoms with Gasteiger partial charge in [-0.05, 0) is 24.3 Å². The molecular formula is C15H15N5O2S. The molecule has 0 bridgehead atoms. The van der Waals surface area contributed by atoms with Crippen molar-refractivity contribution in [3.63, 3.8) is 0 Å². The van der Waals surface area contributed by atoms with Crippen molar-refractivity contribution in [2.75, 3.05) is 18.5 Å². The summed E-state index contributed by atoms with van der Waals surface area (Å²) in [5.41, 5.74) is 1.63. The SMILES string of the molecule is c1ncc(-c2nc(-c3ccsc3)no2)c(NC[C@H]2CCCO2)n1. The maximum Gasteiger partial charge on any atom is 0.263 e. The molecule has 118 valence electrons. The molecule has 3 aromatic rings. The average Bonchev–Trinajstić information content (AvgIpc) is 3.34. The van der Waals surface area contributed by atoms with Crippen molar-refractivity contribution in [3.8, 4) is 22.8 Å². The Morgan fingerprint density at radius 2 is 2.39 bits per heavy atom. The molecule has 0 saturated carbocycles. The third-order valence-corrected chi connectivity index (χ3v) is 4.35. The van der Waals surface area contributed by atoms with Gasteiger partial charge < -0.3 is 14.6 Å². The van der Waals surface area contributed by atoms with E-state index in [-0.39, 0.29) is 6.10 Å². The van der Waals surface area contributed by atoms with E-state index < -0.39 is 0 Å². The zero-order valence-electron chi connectivity index (χ0n) is 12.3. The average molecular weight is 329 g/mol. The topological polar surface area (TPSA) is 86.0 Å². The molecule has 3 aromatic heterocycles. The maximum absolute atomic E-state index is 5.62. The number of hydrogen-bond acceptors (Lipinski definition) is 8. The molecule has 0 unspecified atom stereocenters. The van der Waals surface area contributed by atoms with Crippen LogP contribution in [0.25, 0.3) is 22.8 Å². The van der Waals surface area contributed by atoms with E-state index in [1.165, 1.54) is 6.33 Å². The van der Waals surface area contributed by atoms with Crippen molar-refractivity contribution >= 4 is 17.2 Å². The van der Waals surface area contributed by atoms with Gasteiger partial charge in [-0.1, -0.05) is 5.16 Å². The van der Waals surface area contributed by atoms with Gasteiger partial charge in [0, 0.05) is 30.3 Å². The summed E-state index contributed by atoms with van der Waals surface area (Å²) >= 11 is 1.59. The number of rotatable bonds is 5. The van der Waals surface area contributed by atoms with Crippen LogP contribution in [0.5, 0.6) is 0 Å². The minimum absolute atomic E-state index is 0.224. The highest BCUT2D eigenvalue weighted by molar-refractivity contribution is 7.08. The van der Waals surface area contributed by atoms with E-state index in [0.717, 1.165) is 25.0 Å². The predicted octanol–water partition coefficient (Wildman–Crippen LogP) is 2.85. The fraction of sp³-hybridized carbons (Fsp3) is 0.333. The van der Waals surface area contributed by atoms with E-state index in [4.69, 9.17) is 9.26 Å². The lowest BCUT2D eigenvalue weighted by Crippen LogP contribution is -2.19. The summed E-state index contributed by atoms with van der Waals surface area (Å²) in [5.74, 6) is 1.65. The molecule has 1 aliphatic heterocycles. The van der Waals surface area contributed by atoms with Gasteiger partial charge in [-0.25, -0.2) is 9.97 Å². The van der Waals surface area contributed by atoms with Crippen LogP contribution in [0.1, 0.15) is 12.8 Å². The molecule has 7 nitrogen and oxygen atoms in total. The second-order valence-electron chi connectivity index (χ2n) is 5.24. The van der Waals surface area contributed by atoms with Crippen LogP contribution in [0.2, 0.25) is 0 Å². The van der Waals surface area contributed by atoms with Gasteiger partial charge in [0.05, 0.1) is 6.10 Å². The molecule has 0 radical (unpaired) electrons. The zero-order chi connectivity index (χ0) is 15.5. The van der Waals surface area contributed by atoms with Gasteiger partial charge in [0.15, 0.2) is 0 Å². The molecule has 0 aromatic carbocycles. The molecule has 1 atom stereocenters. The quantitative estimate of drug-likeness (QED) is 0.770. The van der Waals surface area contributed by atoms with Gasteiger partial charge in [-0.15, -0.1) is 0 Å². The predicted molar refractivity (Wildman–Crippen MR) is 86.1 cm³/mol. The van der Waals surface area contributed by atoms with E-state index in [0.29, 0.717) is 29.6 Å². The van der Waals surface area contributed by atoms with Crippen molar-refractivity contribution in [1.29, 1.82) is 0 Å². The minimum atomic E-state index is 0.224. The normalized spacial score (nSPS) is 17.5. The Hall–Kier alpha value is -2.32. The molecule has 0 aliphatic carbocycles. The second-order valence-corrected chi connectivity index (χ2v) is 6.02. The molecular weight excluding hydrogens is 314 g/mol. The van der Waals surface area contributed by atoms with Gasteiger partial charge in [0.1, 0.15) is 17.7 Å². The zero-order valence-corrected chi connectivity index (χ0v) is 13.1. The monoisotopic (exact) mass is 329 g/mol. The van der Waals surface area contributed by atoms with Crippen molar-refractivity contribution in [3.05, 3.63) is 29.4 Å². The number of nitrogens with one attached hydrogen (secondary N) is 1. The van der Waals surface area contributed by atoms with Crippen LogP contribution in [0.3, 0.4) is 0 Å². The van der Waals surface area contributed by atoms with Gasteiger partial charge in [-0.2, -0.15) is 16.3 Å². The number of ether oxygens (including phenoxy) is 1. The summed E-state index contributed by atoms with van der Waals surface area (Å²) < 4.78 is 11.0. The van der Waals surface area contributed by atoms with Gasteiger partial charge >= 0.3 is 0 Å². The Kier molecular flexibility index (Phi) is 3.99. The van der Waals surface area contributed by atoms with E-state index in [2.05, 4.69) is 25.4 Å². The Balaban J connectivity index is 1.56. The van der Waals surface area contributed by atoms with Crippen LogP contribution in [0.15, 0.2) is 33.9 Å². The highest BCUT2D eigenvalue weighted by atomic mass is 32.1. The summed E-state index contributed by atoms with van der Waals surface area (Å²) in [7, 11) is 0. The van der Waals surface area contributed by atoms with Crippen LogP contribution < -0.4 is 5.32 Å². The van der Waals surface area contributed by atoms with E-state index in [1.807, 2.05) is 16.8 Å². The Bertz CT molecular complexity index is 768. The smallest absolute Gasteiger partial charge is 0.263 e. The summed E-state index contributed by atoms with van der Waals surface area (Å²) in [6.45, 7) is 1.53. The van der Waals surface area contributed by atoms with Crippen LogP contribution >= 0.6 is 11.3 Å². The fourth-order valence-electron chi connectivity index (χ4n) is 2.48. The first-order chi connectivity index (χ1) is 11.4. The molecule has 1 fully saturated rings. The van der Waals surface area contributed by atoms with Gasteiger partial charge in [0.25, 0.3) is 5.89 Å². The number of anilines is 1. The van der Waals surface area contributed by atoms with E-state index in [1.54, 1.807) is 17.5 Å². The Morgan fingerprint density at radius 3 is 3.22 bits per heavy atom. The first-order valence-electron chi connectivity index (χ1n) is 7.42. The van der Waals surface area contributed by atoms with E-state index in [9.17, 15) is 0 Å². The minimum Gasteiger partial charge on any atom is -0.376 e. The lowest BCUT2D eigenvalue weighted by atomic mass is 10.2. The Labute approximate surface area is 136 Å². The standard InChI is InChI=1S/C15H15N5O2S/c1-2-11(21-4-1)6-17-14-12(7-16-9-18-14)15-19-13(20-22-15)10-3-5-23-8-10/h3,5,7-9,11H,1-2,4,6H2,(H,16,17,18)/t11-/m1/s1. The first-order valence-corrected chi connectivity index (χ1v) is 8.36. The highest BCUT2D eigenvalue weighted by Crippen LogP contribution is 2.27. The maximum atomic E-state index is 5.62. The highest BCUT2D eigenvalue weighted by Gasteiger charge is 2.19. The van der Waals surface area contributed by atoms with Crippen molar-refractivity contribution in [2.45, 2.75) is 18.9 Å². The number of hydrogen-bond donors (Lipinski definition) is 1. The fourth-order valence-corrected chi connectivity index (χ4v) is 3.12. The van der Waals surface area contributed by atoms with Gasteiger partial charge in [-0.3, -0.25) is 0 Å². The molecule has 8 heteroatoms. The van der Waals surface area contributed by atoms with Crippen molar-refractivity contribution < 1.29 is 9.26 Å². The molecule has 0 amide bonds. The van der Waals surface area contributed by atoms with Crippen LogP contribution in [0.4, 0.5) is 5.82 Å². The van der Waals surface area contributed by atoms with Crippen molar-refractivity contribution in [1.82, 2.24) is 20.1 Å². The molecule has 1 aliphatic rings. The van der Waals surface area contributed by atoms with Crippen LogP contribution in [-0.4, -0.2) is 39.4 Å². The lowest BCUT2D eigenvalue weighted by molar-refractivity contribution is 0.120. The third kappa shape index (κ3) is 3.08. The molecule has 1 saturated heterocycles. The second kappa shape index (κ2) is 6.43. The summed E-state index contributed by atoms with van der Waals surface area (Å²) in [6, 6.07) is 1.96. The summed E-state index contributed by atoms with van der Waals surface area (Å²) in [6.07, 6.45) is 5.57. The van der Waals surface area contributed by atoms with Crippen molar-refractivity contribution in [2.24, 2.45) is 0 Å². The molecule has 1 N–H and O–H groups in total. The first kappa shape index (κ1) is 14.3. The number of nitrogens with zero attached hydrogens (tertiary/aromatic N) is 4. The summed E-state index contributed by atoms with van der Waals surface area (Å²) in [4.78, 5) is 12.8. The van der Waals surface area contributed by atoms with Gasteiger partial charge in [0.2, 0.25) is 5.82 Å². The van der Waals surface area contributed by atoms with Crippen LogP contribution in [0, 0.1) is 0 Å². The molecule has 0 spiro atoms. The van der Waals surface area contributed by atoms with Crippen LogP contribution in [-0.2, 0) is 4.74 Å². The lowest BCUT2D eigenvalue weighted by Gasteiger charge is -2.12. The molecule has 4 heterocycles. The molecule has 4 rings (SSSR count). The molecule has 23 heavy (non-hydrogen) atoms.